The maximum Gasteiger partial charge on any atom is 0.343 e. The highest BCUT2D eigenvalue weighted by molar-refractivity contribution is 5.91. The lowest BCUT2D eigenvalue weighted by Gasteiger charge is -2.06. The van der Waals surface area contributed by atoms with E-state index in [1.807, 2.05) is 30.3 Å². The Morgan fingerprint density at radius 1 is 0.763 bits per heavy atom. The molecule has 3 aromatic carbocycles. The maximum atomic E-state index is 12.3. The van der Waals surface area contributed by atoms with Crippen molar-refractivity contribution in [1.82, 2.24) is 0 Å². The van der Waals surface area contributed by atoms with E-state index in [0.29, 0.717) is 16.9 Å². The smallest absolute Gasteiger partial charge is 0.343 e. The number of nitriles is 1. The van der Waals surface area contributed by atoms with Crippen molar-refractivity contribution in [1.29, 1.82) is 5.26 Å². The fourth-order valence-electron chi connectivity index (χ4n) is 4.03. The monoisotopic (exact) mass is 510 g/mol. The first-order valence-electron chi connectivity index (χ1n) is 13.8. The van der Waals surface area contributed by atoms with E-state index < -0.39 is 5.97 Å². The number of hydrogen-bond acceptors (Lipinski definition) is 5. The van der Waals surface area contributed by atoms with Crippen LogP contribution in [0.3, 0.4) is 0 Å². The minimum absolute atomic E-state index is 0.391. The van der Waals surface area contributed by atoms with Crippen LogP contribution < -0.4 is 9.47 Å². The Labute approximate surface area is 227 Å². The predicted molar refractivity (Wildman–Crippen MR) is 154 cm³/mol. The molecule has 0 spiro atoms. The molecule has 0 bridgehead atoms. The lowest BCUT2D eigenvalue weighted by Crippen LogP contribution is -2.08. The topological polar surface area (TPSA) is 71.7 Å². The van der Waals surface area contributed by atoms with Gasteiger partial charge in [0.15, 0.2) is 0 Å². The van der Waals surface area contributed by atoms with Crippen LogP contribution in [0.2, 0.25) is 0 Å². The normalized spacial score (nSPS) is 10.8. The van der Waals surface area contributed by atoms with Crippen molar-refractivity contribution < 1.29 is 14.3 Å². The summed E-state index contributed by atoms with van der Waals surface area (Å²) in [5, 5.41) is 8.86. The number of unbranched alkanes of at least 4 members (excludes halogenated alkanes) is 9. The molecular weight excluding hydrogens is 472 g/mol. The molecule has 0 fully saturated rings. The minimum atomic E-state index is -0.471. The zero-order valence-corrected chi connectivity index (χ0v) is 22.4. The molecule has 0 saturated heterocycles. The van der Waals surface area contributed by atoms with Crippen LogP contribution in [0, 0.1) is 11.3 Å². The molecule has 0 amide bonds. The Morgan fingerprint density at radius 2 is 1.34 bits per heavy atom. The van der Waals surface area contributed by atoms with Gasteiger partial charge in [-0.2, -0.15) is 5.26 Å². The summed E-state index contributed by atoms with van der Waals surface area (Å²) in [5.74, 6) is 0.843. The SMILES string of the molecule is CCCCCCCCCCCCOc1ccc(C=Nc2ccc(OC(=O)c3ccc(C#N)cc3)cc2)cc1. The van der Waals surface area contributed by atoms with Gasteiger partial charge in [-0.1, -0.05) is 64.7 Å². The van der Waals surface area contributed by atoms with Gasteiger partial charge in [0.25, 0.3) is 0 Å². The molecule has 0 N–H and O–H groups in total. The minimum Gasteiger partial charge on any atom is -0.494 e. The summed E-state index contributed by atoms with van der Waals surface area (Å²) in [5.41, 5.74) is 2.62. The van der Waals surface area contributed by atoms with E-state index in [4.69, 9.17) is 14.7 Å². The Bertz CT molecular complexity index is 1160. The van der Waals surface area contributed by atoms with E-state index in [1.165, 1.54) is 57.8 Å². The third-order valence-electron chi connectivity index (χ3n) is 6.31. The third kappa shape index (κ3) is 10.6. The molecule has 0 unspecified atom stereocenters. The maximum absolute atomic E-state index is 12.3. The van der Waals surface area contributed by atoms with Gasteiger partial charge in [-0.3, -0.25) is 4.99 Å². The van der Waals surface area contributed by atoms with E-state index in [9.17, 15) is 4.79 Å². The Balaban J connectivity index is 1.33. The number of esters is 1. The zero-order valence-electron chi connectivity index (χ0n) is 22.4. The number of ether oxygens (including phenoxy) is 2. The van der Waals surface area contributed by atoms with Crippen LogP contribution in [-0.2, 0) is 0 Å². The molecule has 198 valence electrons. The van der Waals surface area contributed by atoms with Gasteiger partial charge in [0, 0.05) is 6.21 Å². The van der Waals surface area contributed by atoms with Crippen molar-refractivity contribution in [2.45, 2.75) is 71.1 Å². The molecule has 0 saturated carbocycles. The lowest BCUT2D eigenvalue weighted by molar-refractivity contribution is 0.0734. The summed E-state index contributed by atoms with van der Waals surface area (Å²) >= 11 is 0. The van der Waals surface area contributed by atoms with Crippen molar-refractivity contribution in [2.75, 3.05) is 6.61 Å². The molecular formula is C33H38N2O3. The van der Waals surface area contributed by atoms with Crippen LogP contribution in [-0.4, -0.2) is 18.8 Å². The lowest BCUT2D eigenvalue weighted by atomic mass is 10.1. The standard InChI is InChI=1S/C33H38N2O3/c1-2-3-4-5-6-7-8-9-10-11-24-37-31-20-14-28(15-21-31)26-35-30-18-22-32(23-19-30)38-33(36)29-16-12-27(25-34)13-17-29/h12-23,26H,2-11,24H2,1H3. The highest BCUT2D eigenvalue weighted by Gasteiger charge is 2.08. The fourth-order valence-corrected chi connectivity index (χ4v) is 4.03. The number of nitrogens with zero attached hydrogens (tertiary/aromatic N) is 2. The van der Waals surface area contributed by atoms with Gasteiger partial charge in [-0.25, -0.2) is 4.79 Å². The van der Waals surface area contributed by atoms with Crippen LogP contribution in [0.25, 0.3) is 0 Å². The zero-order chi connectivity index (χ0) is 26.8. The van der Waals surface area contributed by atoms with Gasteiger partial charge in [0.2, 0.25) is 0 Å². The van der Waals surface area contributed by atoms with Crippen LogP contribution in [0.4, 0.5) is 5.69 Å². The quantitative estimate of drug-likeness (QED) is 0.0835. The van der Waals surface area contributed by atoms with Crippen LogP contribution in [0.1, 0.15) is 92.6 Å². The summed E-state index contributed by atoms with van der Waals surface area (Å²) in [6.07, 6.45) is 15.0. The second-order valence-corrected chi connectivity index (χ2v) is 9.43. The van der Waals surface area contributed by atoms with Gasteiger partial charge >= 0.3 is 5.97 Å². The van der Waals surface area contributed by atoms with E-state index >= 15 is 0 Å². The van der Waals surface area contributed by atoms with E-state index in [0.717, 1.165) is 30.0 Å². The molecule has 38 heavy (non-hydrogen) atoms. The average Bonchev–Trinajstić information content (AvgIpc) is 2.96. The predicted octanol–water partition coefficient (Wildman–Crippen LogP) is 8.83. The molecule has 0 heterocycles. The number of aliphatic imine (C=N–C) groups is 1. The molecule has 0 aromatic heterocycles. The van der Waals surface area contributed by atoms with E-state index in [1.54, 1.807) is 54.7 Å². The Kier molecular flexibility index (Phi) is 12.6. The number of benzene rings is 3. The van der Waals surface area contributed by atoms with E-state index in [2.05, 4.69) is 11.9 Å². The summed E-state index contributed by atoms with van der Waals surface area (Å²) in [7, 11) is 0. The fraction of sp³-hybridized carbons (Fsp3) is 0.364. The van der Waals surface area contributed by atoms with Gasteiger partial charge in [-0.15, -0.1) is 0 Å². The molecule has 0 radical (unpaired) electrons. The number of hydrogen-bond donors (Lipinski definition) is 0. The molecule has 0 aliphatic rings. The third-order valence-corrected chi connectivity index (χ3v) is 6.31. The van der Waals surface area contributed by atoms with Gasteiger partial charge < -0.3 is 9.47 Å². The summed E-state index contributed by atoms with van der Waals surface area (Å²) in [6.45, 7) is 3.02. The van der Waals surface area contributed by atoms with Gasteiger partial charge in [-0.05, 0) is 84.8 Å². The highest BCUT2D eigenvalue weighted by Crippen LogP contribution is 2.20. The number of carbonyl (C=O) groups excluding carboxylic acids is 1. The Hall–Kier alpha value is -3.91. The number of rotatable bonds is 16. The largest absolute Gasteiger partial charge is 0.494 e. The van der Waals surface area contributed by atoms with Gasteiger partial charge in [0.1, 0.15) is 11.5 Å². The first-order valence-corrected chi connectivity index (χ1v) is 13.8. The highest BCUT2D eigenvalue weighted by atomic mass is 16.5. The first kappa shape index (κ1) is 28.7. The van der Waals surface area contributed by atoms with E-state index in [-0.39, 0.29) is 0 Å². The van der Waals surface area contributed by atoms with Crippen molar-refractivity contribution in [3.63, 3.8) is 0 Å². The molecule has 3 rings (SSSR count). The molecule has 3 aromatic rings. The summed E-state index contributed by atoms with van der Waals surface area (Å²) in [6, 6.07) is 23.3. The summed E-state index contributed by atoms with van der Waals surface area (Å²) < 4.78 is 11.3. The van der Waals surface area contributed by atoms with Crippen molar-refractivity contribution in [3.05, 3.63) is 89.5 Å². The molecule has 0 atom stereocenters. The molecule has 5 nitrogen and oxygen atoms in total. The number of carbonyl (C=O) groups is 1. The van der Waals surface area contributed by atoms with Crippen molar-refractivity contribution in [2.24, 2.45) is 4.99 Å². The van der Waals surface area contributed by atoms with Crippen molar-refractivity contribution >= 4 is 17.9 Å². The first-order chi connectivity index (χ1) is 18.7. The van der Waals surface area contributed by atoms with Crippen LogP contribution in [0.5, 0.6) is 11.5 Å². The Morgan fingerprint density at radius 3 is 1.95 bits per heavy atom. The van der Waals surface area contributed by atoms with Crippen molar-refractivity contribution in [3.8, 4) is 17.6 Å². The van der Waals surface area contributed by atoms with Crippen LogP contribution >= 0.6 is 0 Å². The van der Waals surface area contributed by atoms with Gasteiger partial charge in [0.05, 0.1) is 29.5 Å². The molecule has 0 aliphatic heterocycles. The second kappa shape index (κ2) is 16.8. The molecule has 0 aliphatic carbocycles. The average molecular weight is 511 g/mol. The second-order valence-electron chi connectivity index (χ2n) is 9.43. The molecule has 5 heteroatoms. The van der Waals surface area contributed by atoms with Crippen LogP contribution in [0.15, 0.2) is 77.8 Å². The summed E-state index contributed by atoms with van der Waals surface area (Å²) in [4.78, 5) is 16.8.